The second kappa shape index (κ2) is 5.50. The van der Waals surface area contributed by atoms with Gasteiger partial charge in [-0.2, -0.15) is 0 Å². The second-order valence-electron chi connectivity index (χ2n) is 6.69. The quantitative estimate of drug-likeness (QED) is 0.793. The Labute approximate surface area is 102 Å². The lowest BCUT2D eigenvalue weighted by atomic mass is 10.0. The number of hydrogen-bond donors (Lipinski definition) is 1. The Bertz CT molecular complexity index is 205. The van der Waals surface area contributed by atoms with E-state index >= 15 is 0 Å². The van der Waals surface area contributed by atoms with Crippen LogP contribution in [0.5, 0.6) is 0 Å². The second-order valence-corrected chi connectivity index (χ2v) is 6.69. The molecule has 1 aliphatic heterocycles. The summed E-state index contributed by atoms with van der Waals surface area (Å²) in [6.07, 6.45) is 2.65. The Morgan fingerprint density at radius 1 is 1.31 bits per heavy atom. The average Bonchev–Trinajstić information content (AvgIpc) is 2.48. The lowest BCUT2D eigenvalue weighted by Gasteiger charge is -2.39. The van der Waals surface area contributed by atoms with Crippen molar-refractivity contribution in [3.63, 3.8) is 0 Å². The van der Waals surface area contributed by atoms with E-state index in [1.807, 2.05) is 0 Å². The van der Waals surface area contributed by atoms with Gasteiger partial charge in [-0.15, -0.1) is 0 Å². The molecular formula is C14H30N2. The molecule has 96 valence electrons. The first-order valence-corrected chi connectivity index (χ1v) is 6.81. The largest absolute Gasteiger partial charge is 0.314 e. The first-order chi connectivity index (χ1) is 7.30. The number of nitrogens with one attached hydrogen (secondary N) is 1. The molecule has 1 aliphatic rings. The standard InChI is InChI=1S/C14H30N2/c1-11(2)16(14(4,5)6)8-7-13-9-12(3)10-15-13/h11-13,15H,7-10H2,1-6H3. The zero-order chi connectivity index (χ0) is 12.3. The lowest BCUT2D eigenvalue weighted by molar-refractivity contribution is 0.0941. The molecule has 2 unspecified atom stereocenters. The first kappa shape index (κ1) is 14.0. The molecule has 2 heteroatoms. The SMILES string of the molecule is CC1CNC(CCN(C(C)C)C(C)(C)C)C1. The van der Waals surface area contributed by atoms with Crippen molar-refractivity contribution in [1.82, 2.24) is 10.2 Å². The fraction of sp³-hybridized carbons (Fsp3) is 1.00. The third kappa shape index (κ3) is 4.06. The van der Waals surface area contributed by atoms with E-state index in [9.17, 15) is 0 Å². The number of rotatable bonds is 4. The molecule has 1 fully saturated rings. The minimum atomic E-state index is 0.290. The molecular weight excluding hydrogens is 196 g/mol. The molecule has 1 heterocycles. The Kier molecular flexibility index (Phi) is 4.81. The van der Waals surface area contributed by atoms with Gasteiger partial charge in [0.1, 0.15) is 0 Å². The van der Waals surface area contributed by atoms with Gasteiger partial charge in [0, 0.05) is 24.2 Å². The van der Waals surface area contributed by atoms with Crippen LogP contribution in [0, 0.1) is 5.92 Å². The van der Waals surface area contributed by atoms with E-state index < -0.39 is 0 Å². The van der Waals surface area contributed by atoms with Gasteiger partial charge in [0.25, 0.3) is 0 Å². The highest BCUT2D eigenvalue weighted by atomic mass is 15.2. The number of nitrogens with zero attached hydrogens (tertiary/aromatic N) is 1. The number of hydrogen-bond acceptors (Lipinski definition) is 2. The van der Waals surface area contributed by atoms with Crippen molar-refractivity contribution in [1.29, 1.82) is 0 Å². The molecule has 0 aliphatic carbocycles. The van der Waals surface area contributed by atoms with Gasteiger partial charge in [-0.1, -0.05) is 6.92 Å². The van der Waals surface area contributed by atoms with Gasteiger partial charge in [-0.25, -0.2) is 0 Å². The molecule has 0 amide bonds. The van der Waals surface area contributed by atoms with Gasteiger partial charge in [0.2, 0.25) is 0 Å². The molecule has 0 aromatic rings. The van der Waals surface area contributed by atoms with Crippen LogP contribution in [0.4, 0.5) is 0 Å². The normalized spacial score (nSPS) is 27.0. The summed E-state index contributed by atoms with van der Waals surface area (Å²) in [6.45, 7) is 16.3. The minimum Gasteiger partial charge on any atom is -0.314 e. The van der Waals surface area contributed by atoms with Crippen LogP contribution >= 0.6 is 0 Å². The van der Waals surface area contributed by atoms with E-state index in [-0.39, 0.29) is 0 Å². The summed E-state index contributed by atoms with van der Waals surface area (Å²) in [6, 6.07) is 1.39. The van der Waals surface area contributed by atoms with Gasteiger partial charge in [0.15, 0.2) is 0 Å². The van der Waals surface area contributed by atoms with Crippen molar-refractivity contribution in [2.24, 2.45) is 5.92 Å². The van der Waals surface area contributed by atoms with Crippen molar-refractivity contribution in [3.05, 3.63) is 0 Å². The van der Waals surface area contributed by atoms with Crippen molar-refractivity contribution < 1.29 is 0 Å². The lowest BCUT2D eigenvalue weighted by Crippen LogP contribution is -2.47. The summed E-state index contributed by atoms with van der Waals surface area (Å²) in [5.74, 6) is 0.868. The molecule has 0 aromatic heterocycles. The molecule has 2 atom stereocenters. The summed E-state index contributed by atoms with van der Waals surface area (Å²) in [5.41, 5.74) is 0.290. The average molecular weight is 226 g/mol. The van der Waals surface area contributed by atoms with Gasteiger partial charge in [-0.05, 0) is 59.9 Å². The molecule has 0 spiro atoms. The zero-order valence-electron chi connectivity index (χ0n) is 12.0. The van der Waals surface area contributed by atoms with Crippen LogP contribution in [-0.2, 0) is 0 Å². The maximum atomic E-state index is 3.63. The van der Waals surface area contributed by atoms with Crippen LogP contribution < -0.4 is 5.32 Å². The van der Waals surface area contributed by atoms with Crippen LogP contribution in [0.25, 0.3) is 0 Å². The molecule has 16 heavy (non-hydrogen) atoms. The van der Waals surface area contributed by atoms with E-state index in [0.29, 0.717) is 11.6 Å². The molecule has 0 radical (unpaired) electrons. The van der Waals surface area contributed by atoms with Crippen LogP contribution in [0.2, 0.25) is 0 Å². The highest BCUT2D eigenvalue weighted by Crippen LogP contribution is 2.20. The van der Waals surface area contributed by atoms with Gasteiger partial charge in [0.05, 0.1) is 0 Å². The van der Waals surface area contributed by atoms with Crippen molar-refractivity contribution in [3.8, 4) is 0 Å². The molecule has 0 aromatic carbocycles. The maximum absolute atomic E-state index is 3.63. The van der Waals surface area contributed by atoms with E-state index in [0.717, 1.165) is 12.0 Å². The highest BCUT2D eigenvalue weighted by Gasteiger charge is 2.26. The third-order valence-electron chi connectivity index (χ3n) is 3.65. The van der Waals surface area contributed by atoms with E-state index in [1.165, 1.54) is 25.9 Å². The predicted molar refractivity (Wildman–Crippen MR) is 71.8 cm³/mol. The van der Waals surface area contributed by atoms with Crippen LogP contribution in [0.15, 0.2) is 0 Å². The summed E-state index contributed by atoms with van der Waals surface area (Å²) in [4.78, 5) is 2.61. The summed E-state index contributed by atoms with van der Waals surface area (Å²) >= 11 is 0. The fourth-order valence-corrected chi connectivity index (χ4v) is 2.90. The summed E-state index contributed by atoms with van der Waals surface area (Å²) in [7, 11) is 0. The zero-order valence-corrected chi connectivity index (χ0v) is 12.0. The Hall–Kier alpha value is -0.0800. The van der Waals surface area contributed by atoms with E-state index in [2.05, 4.69) is 51.8 Å². The predicted octanol–water partition coefficient (Wildman–Crippen LogP) is 2.88. The topological polar surface area (TPSA) is 15.3 Å². The summed E-state index contributed by atoms with van der Waals surface area (Å²) < 4.78 is 0. The summed E-state index contributed by atoms with van der Waals surface area (Å²) in [5, 5.41) is 3.63. The van der Waals surface area contributed by atoms with Crippen LogP contribution in [0.1, 0.15) is 54.4 Å². The molecule has 1 N–H and O–H groups in total. The Morgan fingerprint density at radius 2 is 1.94 bits per heavy atom. The molecule has 1 saturated heterocycles. The molecule has 2 nitrogen and oxygen atoms in total. The minimum absolute atomic E-state index is 0.290. The van der Waals surface area contributed by atoms with Gasteiger partial charge in [-0.3, -0.25) is 4.90 Å². The van der Waals surface area contributed by atoms with E-state index in [4.69, 9.17) is 0 Å². The smallest absolute Gasteiger partial charge is 0.0127 e. The third-order valence-corrected chi connectivity index (χ3v) is 3.65. The maximum Gasteiger partial charge on any atom is 0.0127 e. The Balaban J connectivity index is 2.39. The van der Waals surface area contributed by atoms with Crippen LogP contribution in [0.3, 0.4) is 0 Å². The van der Waals surface area contributed by atoms with Gasteiger partial charge < -0.3 is 5.32 Å². The van der Waals surface area contributed by atoms with Gasteiger partial charge >= 0.3 is 0 Å². The fourth-order valence-electron chi connectivity index (χ4n) is 2.90. The highest BCUT2D eigenvalue weighted by molar-refractivity contribution is 4.84. The Morgan fingerprint density at radius 3 is 2.31 bits per heavy atom. The van der Waals surface area contributed by atoms with Crippen molar-refractivity contribution in [2.45, 2.75) is 72.0 Å². The monoisotopic (exact) mass is 226 g/mol. The molecule has 0 saturated carbocycles. The first-order valence-electron chi connectivity index (χ1n) is 6.81. The van der Waals surface area contributed by atoms with Crippen molar-refractivity contribution in [2.75, 3.05) is 13.1 Å². The molecule has 1 rings (SSSR count). The van der Waals surface area contributed by atoms with E-state index in [1.54, 1.807) is 0 Å². The van der Waals surface area contributed by atoms with Crippen LogP contribution in [-0.4, -0.2) is 35.6 Å². The van der Waals surface area contributed by atoms with Crippen molar-refractivity contribution >= 4 is 0 Å². The molecule has 0 bridgehead atoms.